The lowest BCUT2D eigenvalue weighted by Gasteiger charge is -2.28. The highest BCUT2D eigenvalue weighted by molar-refractivity contribution is 7.21. The average Bonchev–Trinajstić information content (AvgIpc) is 2.85. The van der Waals surface area contributed by atoms with E-state index in [-0.39, 0.29) is 11.4 Å². The zero-order chi connectivity index (χ0) is 16.6. The first-order chi connectivity index (χ1) is 11.0. The number of hydrazine groups is 1. The van der Waals surface area contributed by atoms with E-state index in [1.807, 2.05) is 12.1 Å². The number of thiophene rings is 1. The Bertz CT molecular complexity index is 784. The lowest BCUT2D eigenvalue weighted by Crippen LogP contribution is -2.48. The van der Waals surface area contributed by atoms with Gasteiger partial charge in [0.2, 0.25) is 0 Å². The van der Waals surface area contributed by atoms with E-state index in [2.05, 4.69) is 41.6 Å². The number of hydrogen-bond acceptors (Lipinski definition) is 6. The predicted molar refractivity (Wildman–Crippen MR) is 98.1 cm³/mol. The van der Waals surface area contributed by atoms with E-state index < -0.39 is 0 Å². The van der Waals surface area contributed by atoms with E-state index >= 15 is 0 Å². The fourth-order valence-electron chi connectivity index (χ4n) is 3.15. The minimum Gasteiger partial charge on any atom is -0.381 e. The molecule has 3 rings (SSSR count). The summed E-state index contributed by atoms with van der Waals surface area (Å²) in [5.41, 5.74) is 4.62. The summed E-state index contributed by atoms with van der Waals surface area (Å²) in [7, 11) is 0. The predicted octanol–water partition coefficient (Wildman–Crippen LogP) is 3.23. The van der Waals surface area contributed by atoms with E-state index in [1.54, 1.807) is 0 Å². The summed E-state index contributed by atoms with van der Waals surface area (Å²) in [5, 5.41) is 7.51. The number of aliphatic imine (C=N–C) groups is 1. The Balaban J connectivity index is 2.17. The lowest BCUT2D eigenvalue weighted by molar-refractivity contribution is 0.0915. The quantitative estimate of drug-likeness (QED) is 0.393. The number of amides is 1. The van der Waals surface area contributed by atoms with E-state index in [0.717, 1.165) is 28.6 Å². The van der Waals surface area contributed by atoms with Crippen molar-refractivity contribution < 1.29 is 4.79 Å². The molecule has 1 aromatic heterocycles. The Hall–Kier alpha value is -2.12. The number of nitrogen functional groups attached to an aromatic ring is 1. The number of nitrogens with one attached hydrogen (secondary N) is 3. The number of benzene rings is 1. The highest BCUT2D eigenvalue weighted by Crippen LogP contribution is 2.45. The van der Waals surface area contributed by atoms with Crippen LogP contribution >= 0.6 is 11.3 Å². The smallest absolute Gasteiger partial charge is 0.264 e. The van der Waals surface area contributed by atoms with Crippen LogP contribution in [-0.2, 0) is 0 Å². The van der Waals surface area contributed by atoms with E-state index in [1.165, 1.54) is 11.3 Å². The third kappa shape index (κ3) is 2.55. The first kappa shape index (κ1) is 15.8. The van der Waals surface area contributed by atoms with Gasteiger partial charge in [-0.25, -0.2) is 0 Å². The van der Waals surface area contributed by atoms with Crippen LogP contribution in [-0.4, -0.2) is 24.7 Å². The minimum atomic E-state index is -0.262. The van der Waals surface area contributed by atoms with Crippen LogP contribution < -0.4 is 21.9 Å². The van der Waals surface area contributed by atoms with Crippen LogP contribution in [0, 0.1) is 0 Å². The molecule has 0 spiro atoms. The van der Waals surface area contributed by atoms with Crippen molar-refractivity contribution in [3.63, 3.8) is 0 Å². The molecule has 1 atom stereocenters. The normalized spacial score (nSPS) is 20.4. The van der Waals surface area contributed by atoms with Gasteiger partial charge in [-0.1, -0.05) is 13.3 Å². The highest BCUT2D eigenvalue weighted by Gasteiger charge is 2.33. The average molecular weight is 331 g/mol. The Morgan fingerprint density at radius 2 is 2.30 bits per heavy atom. The molecule has 1 unspecified atom stereocenters. The number of hydrogen-bond donors (Lipinski definition) is 4. The molecule has 0 radical (unpaired) electrons. The van der Waals surface area contributed by atoms with Crippen LogP contribution in [0.2, 0.25) is 0 Å². The summed E-state index contributed by atoms with van der Waals surface area (Å²) in [6, 6.07) is 3.79. The molecule has 0 saturated heterocycles. The lowest BCUT2D eigenvalue weighted by atomic mass is 9.96. The van der Waals surface area contributed by atoms with Gasteiger partial charge in [-0.2, -0.15) is 0 Å². The third-order valence-electron chi connectivity index (χ3n) is 4.23. The zero-order valence-electron chi connectivity index (χ0n) is 13.3. The second-order valence-electron chi connectivity index (χ2n) is 6.06. The maximum atomic E-state index is 12.7. The van der Waals surface area contributed by atoms with Crippen LogP contribution in [0.3, 0.4) is 0 Å². The van der Waals surface area contributed by atoms with Crippen LogP contribution in [0.4, 0.5) is 17.1 Å². The molecule has 1 aliphatic heterocycles. The number of carbonyl (C=O) groups is 1. The van der Waals surface area contributed by atoms with Gasteiger partial charge in [0, 0.05) is 16.6 Å². The maximum absolute atomic E-state index is 12.7. The monoisotopic (exact) mass is 331 g/mol. The summed E-state index contributed by atoms with van der Waals surface area (Å²) in [6.07, 6.45) is 1.92. The summed E-state index contributed by atoms with van der Waals surface area (Å²) in [6.45, 7) is 8.44. The van der Waals surface area contributed by atoms with Gasteiger partial charge in [0.25, 0.3) is 5.91 Å². The summed E-state index contributed by atoms with van der Waals surface area (Å²) in [4.78, 5) is 17.4. The number of anilines is 2. The van der Waals surface area contributed by atoms with Crippen molar-refractivity contribution in [3.8, 4) is 0 Å². The molecule has 7 heteroatoms. The fourth-order valence-corrected chi connectivity index (χ4v) is 4.23. The number of rotatable bonds is 4. The van der Waals surface area contributed by atoms with Gasteiger partial charge in [0.05, 0.1) is 22.6 Å². The maximum Gasteiger partial charge on any atom is 0.264 e. The molecule has 0 saturated carbocycles. The molecule has 0 aliphatic carbocycles. The number of nitrogens with two attached hydrogens (primary N) is 1. The Kier molecular flexibility index (Phi) is 3.99. The number of nitrogens with zero attached hydrogens (tertiary/aromatic N) is 1. The Labute approximate surface area is 139 Å². The third-order valence-corrected chi connectivity index (χ3v) is 5.38. The second-order valence-corrected chi connectivity index (χ2v) is 7.11. The van der Waals surface area contributed by atoms with Crippen molar-refractivity contribution in [3.05, 3.63) is 17.0 Å². The van der Waals surface area contributed by atoms with Crippen LogP contribution in [0.1, 0.15) is 36.4 Å². The van der Waals surface area contributed by atoms with Crippen LogP contribution in [0.15, 0.2) is 17.1 Å². The van der Waals surface area contributed by atoms with Crippen molar-refractivity contribution in [2.75, 3.05) is 17.3 Å². The van der Waals surface area contributed by atoms with E-state index in [0.29, 0.717) is 22.8 Å². The number of carbonyl (C=O) groups excluding carboxylic acids is 1. The molecule has 0 fully saturated rings. The molecule has 6 nitrogen and oxygen atoms in total. The van der Waals surface area contributed by atoms with Gasteiger partial charge in [-0.3, -0.25) is 15.6 Å². The molecular formula is C16H21N5OS. The van der Waals surface area contributed by atoms with Crippen molar-refractivity contribution in [2.24, 2.45) is 10.8 Å². The van der Waals surface area contributed by atoms with Gasteiger partial charge < -0.3 is 16.1 Å². The number of fused-ring (bicyclic) bond motifs is 3. The Morgan fingerprint density at radius 1 is 1.52 bits per heavy atom. The molecule has 1 aliphatic rings. The van der Waals surface area contributed by atoms with Crippen LogP contribution in [0.5, 0.6) is 0 Å². The first-order valence-electron chi connectivity index (χ1n) is 7.62. The summed E-state index contributed by atoms with van der Waals surface area (Å²) < 4.78 is 0.983. The van der Waals surface area contributed by atoms with Crippen molar-refractivity contribution in [1.82, 2.24) is 5.32 Å². The van der Waals surface area contributed by atoms with Crippen LogP contribution in [0.25, 0.3) is 10.1 Å². The molecule has 2 aromatic rings. The molecule has 23 heavy (non-hydrogen) atoms. The fraction of sp³-hybridized carbons (Fsp3) is 0.375. The van der Waals surface area contributed by atoms with Crippen molar-refractivity contribution in [2.45, 2.75) is 32.2 Å². The Morgan fingerprint density at radius 3 is 2.96 bits per heavy atom. The van der Waals surface area contributed by atoms with Gasteiger partial charge in [0.1, 0.15) is 4.88 Å². The molecule has 1 aromatic carbocycles. The van der Waals surface area contributed by atoms with E-state index in [9.17, 15) is 4.79 Å². The molecule has 2 heterocycles. The zero-order valence-corrected chi connectivity index (χ0v) is 14.1. The standard InChI is InChI=1S/C16H21N5OS/c1-4-7-16(2)8-19-13-11-10(23-14(13)15(22)20-16)6-5-9(18-3)12(11)21-17/h5-6,19,21H,3-4,7-8,17H2,1-2H3,(H,20,22). The summed E-state index contributed by atoms with van der Waals surface area (Å²) >= 11 is 1.46. The first-order valence-corrected chi connectivity index (χ1v) is 8.44. The molecule has 5 N–H and O–H groups in total. The molecule has 0 bridgehead atoms. The topological polar surface area (TPSA) is 91.5 Å². The van der Waals surface area contributed by atoms with Gasteiger partial charge in [-0.05, 0) is 32.2 Å². The SMILES string of the molecule is C=Nc1ccc2sc3c(c2c1NN)NCC(C)(CCC)NC3=O. The van der Waals surface area contributed by atoms with E-state index in [4.69, 9.17) is 5.84 Å². The van der Waals surface area contributed by atoms with Gasteiger partial charge in [0.15, 0.2) is 0 Å². The molecule has 1 amide bonds. The molecular weight excluding hydrogens is 310 g/mol. The molecule has 122 valence electrons. The van der Waals surface area contributed by atoms with Crippen molar-refractivity contribution in [1.29, 1.82) is 0 Å². The van der Waals surface area contributed by atoms with Gasteiger partial charge in [-0.15, -0.1) is 11.3 Å². The largest absolute Gasteiger partial charge is 0.381 e. The minimum absolute atomic E-state index is 0.0433. The second kappa shape index (κ2) is 5.82. The summed E-state index contributed by atoms with van der Waals surface area (Å²) in [5.74, 6) is 5.65. The highest BCUT2D eigenvalue weighted by atomic mass is 32.1. The van der Waals surface area contributed by atoms with Gasteiger partial charge >= 0.3 is 0 Å². The van der Waals surface area contributed by atoms with Crippen molar-refractivity contribution >= 4 is 51.1 Å².